The summed E-state index contributed by atoms with van der Waals surface area (Å²) in [6, 6.07) is 11.3. The lowest BCUT2D eigenvalue weighted by Crippen LogP contribution is -2.22. The molecule has 1 aliphatic heterocycles. The van der Waals surface area contributed by atoms with Gasteiger partial charge in [0.05, 0.1) is 23.3 Å². The first-order valence-corrected chi connectivity index (χ1v) is 7.17. The average Bonchev–Trinajstić information content (AvgIpc) is 2.45. The molecule has 110 valence electrons. The van der Waals surface area contributed by atoms with E-state index in [1.165, 1.54) is 0 Å². The fourth-order valence-corrected chi connectivity index (χ4v) is 2.82. The van der Waals surface area contributed by atoms with Gasteiger partial charge in [0.1, 0.15) is 11.5 Å². The first-order valence-electron chi connectivity index (χ1n) is 7.17. The van der Waals surface area contributed by atoms with Gasteiger partial charge >= 0.3 is 0 Å². The molecule has 2 atom stereocenters. The van der Waals surface area contributed by atoms with Gasteiger partial charge in [0.2, 0.25) is 0 Å². The molecule has 4 nitrogen and oxygen atoms in total. The zero-order valence-corrected chi connectivity index (χ0v) is 12.3. The summed E-state index contributed by atoms with van der Waals surface area (Å²) in [5, 5.41) is 0. The highest BCUT2D eigenvalue weighted by Gasteiger charge is 2.23. The molecule has 4 heteroatoms. The van der Waals surface area contributed by atoms with Gasteiger partial charge in [-0.05, 0) is 38.1 Å². The van der Waals surface area contributed by atoms with Crippen molar-refractivity contribution in [1.82, 2.24) is 0 Å². The number of fused-ring (bicyclic) bond motifs is 3. The van der Waals surface area contributed by atoms with Crippen LogP contribution in [0.3, 0.4) is 0 Å². The van der Waals surface area contributed by atoms with Crippen LogP contribution in [0.1, 0.15) is 20.3 Å². The van der Waals surface area contributed by atoms with Crippen LogP contribution in [0.5, 0.6) is 11.5 Å². The van der Waals surface area contributed by atoms with Gasteiger partial charge in [-0.3, -0.25) is 0 Å². The monoisotopic (exact) mass is 284 g/mol. The number of ether oxygens (including phenoxy) is 2. The molecule has 1 aliphatic rings. The fourth-order valence-electron chi connectivity index (χ4n) is 2.82. The van der Waals surface area contributed by atoms with Gasteiger partial charge in [0.15, 0.2) is 0 Å². The van der Waals surface area contributed by atoms with Crippen molar-refractivity contribution in [1.29, 1.82) is 0 Å². The van der Waals surface area contributed by atoms with Crippen LogP contribution in [0.15, 0.2) is 36.4 Å². The molecule has 21 heavy (non-hydrogen) atoms. The molecule has 0 spiro atoms. The molecule has 0 radical (unpaired) electrons. The molecule has 4 N–H and O–H groups in total. The predicted molar refractivity (Wildman–Crippen MR) is 85.5 cm³/mol. The van der Waals surface area contributed by atoms with E-state index < -0.39 is 0 Å². The lowest BCUT2D eigenvalue weighted by molar-refractivity contribution is 0.134. The Balaban J connectivity index is 2.29. The second kappa shape index (κ2) is 5.20. The van der Waals surface area contributed by atoms with E-state index in [-0.39, 0.29) is 12.2 Å². The van der Waals surface area contributed by atoms with Gasteiger partial charge < -0.3 is 20.9 Å². The Labute approximate surface area is 124 Å². The van der Waals surface area contributed by atoms with Crippen molar-refractivity contribution in [3.8, 4) is 22.6 Å². The Hall–Kier alpha value is -2.36. The lowest BCUT2D eigenvalue weighted by atomic mass is 9.99. The number of hydrogen-bond donors (Lipinski definition) is 2. The Kier molecular flexibility index (Phi) is 3.37. The van der Waals surface area contributed by atoms with E-state index in [2.05, 4.69) is 0 Å². The summed E-state index contributed by atoms with van der Waals surface area (Å²) in [4.78, 5) is 0. The summed E-state index contributed by atoms with van der Waals surface area (Å²) in [5.41, 5.74) is 15.3. The van der Waals surface area contributed by atoms with E-state index in [0.29, 0.717) is 11.4 Å². The highest BCUT2D eigenvalue weighted by atomic mass is 16.5. The summed E-state index contributed by atoms with van der Waals surface area (Å²) in [7, 11) is 0. The predicted octanol–water partition coefficient (Wildman–Crippen LogP) is 3.46. The van der Waals surface area contributed by atoms with Crippen molar-refractivity contribution in [2.24, 2.45) is 0 Å². The maximum absolute atomic E-state index is 6.19. The first-order chi connectivity index (χ1) is 10.1. The van der Waals surface area contributed by atoms with Crippen LogP contribution >= 0.6 is 0 Å². The Morgan fingerprint density at radius 1 is 0.810 bits per heavy atom. The quantitative estimate of drug-likeness (QED) is 0.727. The zero-order chi connectivity index (χ0) is 15.0. The third-order valence-electron chi connectivity index (χ3n) is 3.69. The third kappa shape index (κ3) is 2.49. The molecule has 0 saturated carbocycles. The first kappa shape index (κ1) is 13.6. The van der Waals surface area contributed by atoms with E-state index in [9.17, 15) is 0 Å². The van der Waals surface area contributed by atoms with Gasteiger partial charge in [0, 0.05) is 17.8 Å². The van der Waals surface area contributed by atoms with Crippen LogP contribution in [0, 0.1) is 0 Å². The van der Waals surface area contributed by atoms with Crippen LogP contribution < -0.4 is 20.9 Å². The van der Waals surface area contributed by atoms with Gasteiger partial charge in [0.25, 0.3) is 0 Å². The molecule has 2 aromatic carbocycles. The van der Waals surface area contributed by atoms with E-state index >= 15 is 0 Å². The van der Waals surface area contributed by atoms with Crippen LogP contribution in [-0.2, 0) is 0 Å². The SMILES string of the molecule is C[C@@H]1C[C@@H](C)Oc2cccc(N)c2-c2c(N)cccc2O1. The molecule has 2 aromatic rings. The van der Waals surface area contributed by atoms with E-state index in [1.54, 1.807) is 0 Å². The van der Waals surface area contributed by atoms with Crippen molar-refractivity contribution in [2.75, 3.05) is 11.5 Å². The van der Waals surface area contributed by atoms with Crippen LogP contribution in [-0.4, -0.2) is 12.2 Å². The molecule has 0 amide bonds. The summed E-state index contributed by atoms with van der Waals surface area (Å²) in [6.07, 6.45) is 0.870. The maximum Gasteiger partial charge on any atom is 0.129 e. The second-order valence-corrected chi connectivity index (χ2v) is 5.53. The smallest absolute Gasteiger partial charge is 0.129 e. The van der Waals surface area contributed by atoms with Crippen molar-refractivity contribution in [2.45, 2.75) is 32.5 Å². The summed E-state index contributed by atoms with van der Waals surface area (Å²) in [5.74, 6) is 1.50. The second-order valence-electron chi connectivity index (χ2n) is 5.53. The number of benzene rings is 2. The maximum atomic E-state index is 6.19. The molecule has 0 saturated heterocycles. The molecule has 0 aromatic heterocycles. The van der Waals surface area contributed by atoms with Gasteiger partial charge in [-0.2, -0.15) is 0 Å². The highest BCUT2D eigenvalue weighted by molar-refractivity contribution is 5.92. The van der Waals surface area contributed by atoms with Crippen LogP contribution in [0.4, 0.5) is 11.4 Å². The summed E-state index contributed by atoms with van der Waals surface area (Å²) >= 11 is 0. The van der Waals surface area contributed by atoms with Crippen LogP contribution in [0.25, 0.3) is 11.1 Å². The standard InChI is InChI=1S/C17H20N2O2/c1-10-9-11(2)21-15-8-4-6-13(19)17(15)16-12(18)5-3-7-14(16)20-10/h3-8,10-11H,9,18-19H2,1-2H3/t10-,11-/m1/s1. The molecular formula is C17H20N2O2. The van der Waals surface area contributed by atoms with E-state index in [1.807, 2.05) is 50.2 Å². The van der Waals surface area contributed by atoms with Crippen LogP contribution in [0.2, 0.25) is 0 Å². The minimum atomic E-state index is 0.0380. The van der Waals surface area contributed by atoms with E-state index in [4.69, 9.17) is 20.9 Å². The van der Waals surface area contributed by atoms with Gasteiger partial charge in [-0.1, -0.05) is 12.1 Å². The van der Waals surface area contributed by atoms with Gasteiger partial charge in [-0.25, -0.2) is 0 Å². The molecule has 0 aliphatic carbocycles. The third-order valence-corrected chi connectivity index (χ3v) is 3.69. The number of nitrogen functional groups attached to an aromatic ring is 2. The fraction of sp³-hybridized carbons (Fsp3) is 0.294. The minimum absolute atomic E-state index is 0.0380. The van der Waals surface area contributed by atoms with E-state index in [0.717, 1.165) is 29.0 Å². The minimum Gasteiger partial charge on any atom is -0.490 e. The van der Waals surface area contributed by atoms with Crippen molar-refractivity contribution in [3.63, 3.8) is 0 Å². The molecular weight excluding hydrogens is 264 g/mol. The molecule has 0 bridgehead atoms. The number of hydrogen-bond acceptors (Lipinski definition) is 4. The molecule has 0 unspecified atom stereocenters. The zero-order valence-electron chi connectivity index (χ0n) is 12.3. The molecule has 3 rings (SSSR count). The average molecular weight is 284 g/mol. The summed E-state index contributed by atoms with van der Waals surface area (Å²) < 4.78 is 12.1. The van der Waals surface area contributed by atoms with Crippen molar-refractivity contribution in [3.05, 3.63) is 36.4 Å². The van der Waals surface area contributed by atoms with Gasteiger partial charge in [-0.15, -0.1) is 0 Å². The molecule has 1 heterocycles. The number of anilines is 2. The Bertz CT molecular complexity index is 612. The molecule has 0 fully saturated rings. The number of nitrogens with two attached hydrogens (primary N) is 2. The normalized spacial score (nSPS) is 20.9. The largest absolute Gasteiger partial charge is 0.490 e. The van der Waals surface area contributed by atoms with Crippen molar-refractivity contribution >= 4 is 11.4 Å². The lowest BCUT2D eigenvalue weighted by Gasteiger charge is -2.18. The highest BCUT2D eigenvalue weighted by Crippen LogP contribution is 2.45. The Morgan fingerprint density at radius 2 is 1.24 bits per heavy atom. The Morgan fingerprint density at radius 3 is 1.67 bits per heavy atom. The van der Waals surface area contributed by atoms with Crippen molar-refractivity contribution < 1.29 is 9.47 Å². The number of rotatable bonds is 0. The summed E-state index contributed by atoms with van der Waals surface area (Å²) in [6.45, 7) is 4.07. The topological polar surface area (TPSA) is 70.5 Å².